The number of imidazole rings is 1. The lowest BCUT2D eigenvalue weighted by Crippen LogP contribution is -2.22. The van der Waals surface area contributed by atoms with E-state index in [0.717, 1.165) is 75.1 Å². The van der Waals surface area contributed by atoms with E-state index in [9.17, 15) is 4.79 Å². The molecule has 0 amide bonds. The van der Waals surface area contributed by atoms with Crippen molar-refractivity contribution in [2.75, 3.05) is 0 Å². The first-order valence-corrected chi connectivity index (χ1v) is 16.6. The average Bonchev–Trinajstić information content (AvgIpc) is 3.96. The number of aromatic amines is 2. The first kappa shape index (κ1) is 30.8. The van der Waals surface area contributed by atoms with Crippen LogP contribution in [0.2, 0.25) is 0 Å². The SMILES string of the molecule is CCCCc1nc2ccn(Cc3ccc(-c4ccccc4-c4nn[nH]n4)cc3)c(=O)c2n1Cc1ccc(-c2ccccc2-c2nn[nH]n2)cc1. The lowest BCUT2D eigenvalue weighted by atomic mass is 9.98. The number of fused-ring (bicyclic) bond motifs is 1. The Morgan fingerprint density at radius 2 is 1.18 bits per heavy atom. The Kier molecular flexibility index (Phi) is 8.31. The maximum Gasteiger partial charge on any atom is 0.277 e. The normalized spacial score (nSPS) is 11.4. The predicted molar refractivity (Wildman–Crippen MR) is 191 cm³/mol. The minimum Gasteiger partial charge on any atom is -0.319 e. The maximum atomic E-state index is 14.1. The molecule has 0 saturated heterocycles. The first-order valence-electron chi connectivity index (χ1n) is 16.6. The second-order valence-corrected chi connectivity index (χ2v) is 12.2. The lowest BCUT2D eigenvalue weighted by molar-refractivity contribution is 0.684. The zero-order chi connectivity index (χ0) is 33.9. The summed E-state index contributed by atoms with van der Waals surface area (Å²) < 4.78 is 3.87. The third kappa shape index (κ3) is 5.98. The molecular formula is C38H33N11O. The van der Waals surface area contributed by atoms with E-state index in [1.807, 2.05) is 54.7 Å². The molecule has 0 bridgehead atoms. The molecule has 0 spiro atoms. The highest BCUT2D eigenvalue weighted by atomic mass is 16.1. The lowest BCUT2D eigenvalue weighted by Gasteiger charge is -2.12. The molecule has 0 saturated carbocycles. The maximum absolute atomic E-state index is 14.1. The Morgan fingerprint density at radius 3 is 1.70 bits per heavy atom. The van der Waals surface area contributed by atoms with E-state index in [-0.39, 0.29) is 5.56 Å². The van der Waals surface area contributed by atoms with Crippen LogP contribution in [-0.4, -0.2) is 55.4 Å². The van der Waals surface area contributed by atoms with Gasteiger partial charge in [-0.1, -0.05) is 110 Å². The molecule has 8 rings (SSSR count). The van der Waals surface area contributed by atoms with Crippen molar-refractivity contribution in [3.05, 3.63) is 137 Å². The summed E-state index contributed by atoms with van der Waals surface area (Å²) in [5, 5.41) is 29.2. The number of nitrogens with one attached hydrogen (secondary N) is 2. The van der Waals surface area contributed by atoms with E-state index in [0.29, 0.717) is 30.3 Å². The Hall–Kier alpha value is -6.56. The third-order valence-corrected chi connectivity index (χ3v) is 8.95. The van der Waals surface area contributed by atoms with Gasteiger partial charge in [0.2, 0.25) is 11.6 Å². The number of rotatable bonds is 11. The summed E-state index contributed by atoms with van der Waals surface area (Å²) in [6.45, 7) is 3.14. The van der Waals surface area contributed by atoms with Gasteiger partial charge in [0.25, 0.3) is 5.56 Å². The highest BCUT2D eigenvalue weighted by molar-refractivity contribution is 5.81. The van der Waals surface area contributed by atoms with Crippen molar-refractivity contribution in [3.8, 4) is 45.0 Å². The van der Waals surface area contributed by atoms with Crippen LogP contribution in [0.4, 0.5) is 0 Å². The van der Waals surface area contributed by atoms with E-state index in [4.69, 9.17) is 4.98 Å². The molecule has 0 unspecified atom stereocenters. The molecule has 0 atom stereocenters. The van der Waals surface area contributed by atoms with Crippen LogP contribution in [0.5, 0.6) is 0 Å². The van der Waals surface area contributed by atoms with Gasteiger partial charge in [-0.3, -0.25) is 4.79 Å². The topological polar surface area (TPSA) is 149 Å². The molecule has 0 aliphatic rings. The monoisotopic (exact) mass is 659 g/mol. The second-order valence-electron chi connectivity index (χ2n) is 12.2. The average molecular weight is 660 g/mol. The number of pyridine rings is 1. The molecule has 0 aliphatic heterocycles. The first-order chi connectivity index (χ1) is 24.7. The van der Waals surface area contributed by atoms with Crippen LogP contribution in [-0.2, 0) is 19.5 Å². The molecule has 2 N–H and O–H groups in total. The smallest absolute Gasteiger partial charge is 0.277 e. The van der Waals surface area contributed by atoms with Crippen LogP contribution in [0.15, 0.2) is 114 Å². The fraction of sp³-hybridized carbons (Fsp3) is 0.158. The number of H-pyrrole nitrogens is 2. The zero-order valence-corrected chi connectivity index (χ0v) is 27.4. The summed E-state index contributed by atoms with van der Waals surface area (Å²) in [4.78, 5) is 19.1. The fourth-order valence-electron chi connectivity index (χ4n) is 6.42. The number of tetrazole rings is 2. The number of hydrogen-bond donors (Lipinski definition) is 2. The van der Waals surface area contributed by atoms with Crippen molar-refractivity contribution >= 4 is 11.0 Å². The molecule has 8 aromatic rings. The molecule has 0 fully saturated rings. The number of hydrogen-bond acceptors (Lipinski definition) is 8. The molecule has 4 aromatic heterocycles. The van der Waals surface area contributed by atoms with E-state index in [2.05, 4.69) is 107 Å². The quantitative estimate of drug-likeness (QED) is 0.164. The van der Waals surface area contributed by atoms with Crippen molar-refractivity contribution < 1.29 is 0 Å². The van der Waals surface area contributed by atoms with Gasteiger partial charge in [0.05, 0.1) is 12.1 Å². The largest absolute Gasteiger partial charge is 0.319 e. The van der Waals surface area contributed by atoms with Crippen molar-refractivity contribution in [2.45, 2.75) is 39.3 Å². The predicted octanol–water partition coefficient (Wildman–Crippen LogP) is 6.33. The van der Waals surface area contributed by atoms with Gasteiger partial charge in [-0.25, -0.2) is 4.98 Å². The summed E-state index contributed by atoms with van der Waals surface area (Å²) in [5.74, 6) is 2.02. The minimum atomic E-state index is -0.0602. The molecule has 12 nitrogen and oxygen atoms in total. The molecule has 246 valence electrons. The van der Waals surface area contributed by atoms with Crippen molar-refractivity contribution in [2.24, 2.45) is 0 Å². The molecule has 0 aliphatic carbocycles. The summed E-state index contributed by atoms with van der Waals surface area (Å²) in [6, 6.07) is 34.6. The minimum absolute atomic E-state index is 0.0602. The van der Waals surface area contributed by atoms with Gasteiger partial charge in [0, 0.05) is 30.3 Å². The van der Waals surface area contributed by atoms with Gasteiger partial charge in [-0.15, -0.1) is 20.4 Å². The van der Waals surface area contributed by atoms with Crippen LogP contribution in [0, 0.1) is 0 Å². The van der Waals surface area contributed by atoms with E-state index in [1.54, 1.807) is 4.57 Å². The summed E-state index contributed by atoms with van der Waals surface area (Å²) in [6.07, 6.45) is 4.68. The Balaban J connectivity index is 1.09. The molecule has 4 aromatic carbocycles. The zero-order valence-electron chi connectivity index (χ0n) is 27.4. The number of aryl methyl sites for hydroxylation is 1. The van der Waals surface area contributed by atoms with Crippen LogP contribution in [0.25, 0.3) is 56.1 Å². The number of aromatic nitrogens is 11. The Labute approximate surface area is 286 Å². The number of unbranched alkanes of at least 4 members (excludes halogenated alkanes) is 1. The van der Waals surface area contributed by atoms with Crippen molar-refractivity contribution in [1.82, 2.24) is 55.4 Å². The number of nitrogens with zero attached hydrogens (tertiary/aromatic N) is 9. The van der Waals surface area contributed by atoms with Crippen LogP contribution in [0.1, 0.15) is 36.7 Å². The standard InChI is InChI=1S/C38H33N11O/c1-2-3-12-34-39-33-21-22-48(23-25-13-17-27(18-14-25)29-8-4-6-10-31(29)36-40-44-45-41-36)38(50)35(33)49(34)24-26-15-19-28(20-16-26)30-9-5-7-11-32(30)37-42-46-47-43-37/h4-11,13-22H,2-3,12,23-24H2,1H3,(H,40,41,44,45)(H,42,43,46,47). The summed E-state index contributed by atoms with van der Waals surface area (Å²) >= 11 is 0. The second kappa shape index (κ2) is 13.5. The molecule has 0 radical (unpaired) electrons. The van der Waals surface area contributed by atoms with Gasteiger partial charge in [-0.05, 0) is 56.3 Å². The van der Waals surface area contributed by atoms with Crippen LogP contribution >= 0.6 is 0 Å². The van der Waals surface area contributed by atoms with Gasteiger partial charge >= 0.3 is 0 Å². The molecule has 12 heteroatoms. The highest BCUT2D eigenvalue weighted by Gasteiger charge is 2.17. The Morgan fingerprint density at radius 1 is 0.640 bits per heavy atom. The number of benzene rings is 4. The third-order valence-electron chi connectivity index (χ3n) is 8.95. The Bertz CT molecular complexity index is 2430. The fourth-order valence-corrected chi connectivity index (χ4v) is 6.42. The van der Waals surface area contributed by atoms with Crippen molar-refractivity contribution in [1.29, 1.82) is 0 Å². The summed E-state index contributed by atoms with van der Waals surface area (Å²) in [5.41, 5.74) is 9.27. The van der Waals surface area contributed by atoms with E-state index in [1.165, 1.54) is 0 Å². The summed E-state index contributed by atoms with van der Waals surface area (Å²) in [7, 11) is 0. The van der Waals surface area contributed by atoms with Gasteiger partial charge < -0.3 is 9.13 Å². The van der Waals surface area contributed by atoms with Gasteiger partial charge in [0.1, 0.15) is 11.3 Å². The van der Waals surface area contributed by atoms with Gasteiger partial charge in [0.15, 0.2) is 0 Å². The van der Waals surface area contributed by atoms with Crippen LogP contribution < -0.4 is 5.56 Å². The molecule has 50 heavy (non-hydrogen) atoms. The van der Waals surface area contributed by atoms with Crippen molar-refractivity contribution in [3.63, 3.8) is 0 Å². The van der Waals surface area contributed by atoms with Crippen LogP contribution in [0.3, 0.4) is 0 Å². The molecular weight excluding hydrogens is 626 g/mol. The van der Waals surface area contributed by atoms with E-state index >= 15 is 0 Å². The van der Waals surface area contributed by atoms with Gasteiger partial charge in [-0.2, -0.15) is 10.4 Å². The molecule has 4 heterocycles. The van der Waals surface area contributed by atoms with E-state index < -0.39 is 0 Å². The highest BCUT2D eigenvalue weighted by Crippen LogP contribution is 2.31.